The van der Waals surface area contributed by atoms with E-state index in [1.165, 1.54) is 18.3 Å². The molecular weight excluding hydrogens is 284 g/mol. The minimum absolute atomic E-state index is 0.0628. The van der Waals surface area contributed by atoms with Gasteiger partial charge in [-0.3, -0.25) is 4.79 Å². The zero-order chi connectivity index (χ0) is 15.5. The molecule has 0 amide bonds. The number of rotatable bonds is 5. The molecule has 1 heterocycles. The summed E-state index contributed by atoms with van der Waals surface area (Å²) < 4.78 is 0. The van der Waals surface area contributed by atoms with Crippen LogP contribution < -0.4 is 5.32 Å². The van der Waals surface area contributed by atoms with Crippen LogP contribution in [0.5, 0.6) is 0 Å². The molecule has 0 bridgehead atoms. The molecule has 4 nitrogen and oxygen atoms in total. The van der Waals surface area contributed by atoms with E-state index >= 15 is 0 Å². The number of carbonyl (C=O) groups excluding carboxylic acids is 1. The number of thiophene rings is 1. The molecule has 2 N–H and O–H groups in total. The molecule has 0 saturated heterocycles. The number of carbonyl (C=O) groups is 1. The van der Waals surface area contributed by atoms with E-state index < -0.39 is 5.60 Å². The van der Waals surface area contributed by atoms with Crippen molar-refractivity contribution in [3.05, 3.63) is 51.7 Å². The Hall–Kier alpha value is -2.16. The van der Waals surface area contributed by atoms with E-state index in [0.717, 1.165) is 5.56 Å². The molecule has 0 aliphatic carbocycles. The van der Waals surface area contributed by atoms with Gasteiger partial charge in [0, 0.05) is 12.1 Å². The second-order valence-corrected chi connectivity index (χ2v) is 5.85. The number of benzene rings is 1. The Bertz CT molecular complexity index is 685. The molecule has 0 fully saturated rings. The second kappa shape index (κ2) is 6.08. The number of ketones is 1. The maximum atomic E-state index is 11.4. The number of nitrogens with zero attached hydrogens (tertiary/aromatic N) is 1. The SMILES string of the molecule is CC(=O)c1ccc(C#N)c(NCC(C)(O)c2ccsc2)c1. The van der Waals surface area contributed by atoms with Crippen LogP contribution in [0.4, 0.5) is 5.69 Å². The second-order valence-electron chi connectivity index (χ2n) is 5.07. The third-order valence-electron chi connectivity index (χ3n) is 3.31. The molecule has 21 heavy (non-hydrogen) atoms. The lowest BCUT2D eigenvalue weighted by molar-refractivity contribution is 0.0720. The summed E-state index contributed by atoms with van der Waals surface area (Å²) in [7, 11) is 0. The number of nitriles is 1. The monoisotopic (exact) mass is 300 g/mol. The Morgan fingerprint density at radius 1 is 1.48 bits per heavy atom. The number of aliphatic hydroxyl groups is 1. The summed E-state index contributed by atoms with van der Waals surface area (Å²) in [6.45, 7) is 3.44. The van der Waals surface area contributed by atoms with Crippen molar-refractivity contribution in [2.45, 2.75) is 19.4 Å². The lowest BCUT2D eigenvalue weighted by Gasteiger charge is -2.24. The van der Waals surface area contributed by atoms with E-state index in [2.05, 4.69) is 11.4 Å². The lowest BCUT2D eigenvalue weighted by Crippen LogP contribution is -2.30. The summed E-state index contributed by atoms with van der Waals surface area (Å²) in [5.74, 6) is -0.0628. The predicted octanol–water partition coefficient (Wildman–Crippen LogP) is 3.14. The summed E-state index contributed by atoms with van der Waals surface area (Å²) in [5.41, 5.74) is 1.31. The van der Waals surface area contributed by atoms with Gasteiger partial charge in [0.05, 0.1) is 11.3 Å². The number of Topliss-reactive ketones (excluding diaryl/α,β-unsaturated/α-hetero) is 1. The van der Waals surface area contributed by atoms with Gasteiger partial charge in [-0.25, -0.2) is 0 Å². The highest BCUT2D eigenvalue weighted by molar-refractivity contribution is 7.08. The van der Waals surface area contributed by atoms with Gasteiger partial charge in [-0.05, 0) is 54.4 Å². The average molecular weight is 300 g/mol. The van der Waals surface area contributed by atoms with Crippen molar-refractivity contribution in [3.8, 4) is 6.07 Å². The van der Waals surface area contributed by atoms with Gasteiger partial charge in [0.2, 0.25) is 0 Å². The first-order valence-electron chi connectivity index (χ1n) is 6.48. The van der Waals surface area contributed by atoms with E-state index in [1.807, 2.05) is 16.8 Å². The van der Waals surface area contributed by atoms with Crippen molar-refractivity contribution in [1.82, 2.24) is 0 Å². The molecule has 1 aromatic carbocycles. The van der Waals surface area contributed by atoms with Crippen LogP contribution in [0.1, 0.15) is 35.3 Å². The number of hydrogen-bond donors (Lipinski definition) is 2. The fraction of sp³-hybridized carbons (Fsp3) is 0.250. The topological polar surface area (TPSA) is 73.1 Å². The fourth-order valence-corrected chi connectivity index (χ4v) is 2.73. The molecule has 1 aromatic heterocycles. The fourth-order valence-electron chi connectivity index (χ4n) is 1.95. The van der Waals surface area contributed by atoms with Crippen LogP contribution in [0.25, 0.3) is 0 Å². The molecule has 0 saturated carbocycles. The Morgan fingerprint density at radius 3 is 2.81 bits per heavy atom. The van der Waals surface area contributed by atoms with Crippen LogP contribution in [0, 0.1) is 11.3 Å². The van der Waals surface area contributed by atoms with E-state index in [9.17, 15) is 9.90 Å². The van der Waals surface area contributed by atoms with Gasteiger partial charge in [-0.2, -0.15) is 16.6 Å². The highest BCUT2D eigenvalue weighted by atomic mass is 32.1. The minimum Gasteiger partial charge on any atom is -0.384 e. The first-order valence-corrected chi connectivity index (χ1v) is 7.42. The predicted molar refractivity (Wildman–Crippen MR) is 83.5 cm³/mol. The highest BCUT2D eigenvalue weighted by Gasteiger charge is 2.23. The number of nitrogens with one attached hydrogen (secondary N) is 1. The summed E-state index contributed by atoms with van der Waals surface area (Å²) >= 11 is 1.52. The molecule has 0 radical (unpaired) electrons. The number of anilines is 1. The van der Waals surface area contributed by atoms with Crippen LogP contribution in [0.2, 0.25) is 0 Å². The van der Waals surface area contributed by atoms with Crippen molar-refractivity contribution in [2.24, 2.45) is 0 Å². The number of hydrogen-bond acceptors (Lipinski definition) is 5. The molecule has 0 aliphatic heterocycles. The molecule has 0 aliphatic rings. The molecule has 1 atom stereocenters. The summed E-state index contributed by atoms with van der Waals surface area (Å²) in [4.78, 5) is 11.4. The summed E-state index contributed by atoms with van der Waals surface area (Å²) in [5, 5.41) is 26.5. The quantitative estimate of drug-likeness (QED) is 0.832. The van der Waals surface area contributed by atoms with E-state index in [0.29, 0.717) is 16.8 Å². The van der Waals surface area contributed by atoms with Crippen LogP contribution >= 0.6 is 11.3 Å². The first-order chi connectivity index (χ1) is 9.94. The highest BCUT2D eigenvalue weighted by Crippen LogP contribution is 2.25. The minimum atomic E-state index is -1.04. The summed E-state index contributed by atoms with van der Waals surface area (Å²) in [6.07, 6.45) is 0. The average Bonchev–Trinajstić information content (AvgIpc) is 2.99. The molecule has 5 heteroatoms. The maximum absolute atomic E-state index is 11.4. The van der Waals surface area contributed by atoms with Crippen molar-refractivity contribution >= 4 is 22.8 Å². The summed E-state index contributed by atoms with van der Waals surface area (Å²) in [6, 6.07) is 8.82. The Balaban J connectivity index is 2.21. The Morgan fingerprint density at radius 2 is 2.24 bits per heavy atom. The van der Waals surface area contributed by atoms with Crippen LogP contribution in [0.3, 0.4) is 0 Å². The van der Waals surface area contributed by atoms with Crippen molar-refractivity contribution in [2.75, 3.05) is 11.9 Å². The van der Waals surface area contributed by atoms with Gasteiger partial charge in [0.15, 0.2) is 5.78 Å². The molecule has 1 unspecified atom stereocenters. The van der Waals surface area contributed by atoms with E-state index in [-0.39, 0.29) is 12.3 Å². The van der Waals surface area contributed by atoms with Crippen molar-refractivity contribution in [3.63, 3.8) is 0 Å². The molecule has 0 spiro atoms. The van der Waals surface area contributed by atoms with Gasteiger partial charge in [-0.15, -0.1) is 0 Å². The maximum Gasteiger partial charge on any atom is 0.159 e. The smallest absolute Gasteiger partial charge is 0.159 e. The van der Waals surface area contributed by atoms with Crippen LogP contribution in [-0.4, -0.2) is 17.4 Å². The zero-order valence-electron chi connectivity index (χ0n) is 11.9. The normalized spacial score (nSPS) is 13.2. The van der Waals surface area contributed by atoms with Crippen LogP contribution in [-0.2, 0) is 5.60 Å². The third kappa shape index (κ3) is 3.48. The molecular formula is C16H16N2O2S. The standard InChI is InChI=1S/C16H16N2O2S/c1-11(19)12-3-4-13(8-17)15(7-12)18-10-16(2,20)14-5-6-21-9-14/h3-7,9,18,20H,10H2,1-2H3. The van der Waals surface area contributed by atoms with Crippen molar-refractivity contribution < 1.29 is 9.90 Å². The largest absolute Gasteiger partial charge is 0.384 e. The van der Waals surface area contributed by atoms with Gasteiger partial charge in [0.1, 0.15) is 11.7 Å². The zero-order valence-corrected chi connectivity index (χ0v) is 12.7. The molecule has 2 rings (SSSR count). The van der Waals surface area contributed by atoms with Gasteiger partial charge in [0.25, 0.3) is 0 Å². The molecule has 108 valence electrons. The van der Waals surface area contributed by atoms with Gasteiger partial charge >= 0.3 is 0 Å². The Kier molecular flexibility index (Phi) is 4.41. The van der Waals surface area contributed by atoms with Gasteiger partial charge in [-0.1, -0.05) is 0 Å². The van der Waals surface area contributed by atoms with E-state index in [4.69, 9.17) is 5.26 Å². The van der Waals surface area contributed by atoms with Crippen molar-refractivity contribution in [1.29, 1.82) is 5.26 Å². The third-order valence-corrected chi connectivity index (χ3v) is 4.00. The molecule has 2 aromatic rings. The Labute approximate surface area is 127 Å². The van der Waals surface area contributed by atoms with Crippen LogP contribution in [0.15, 0.2) is 35.0 Å². The van der Waals surface area contributed by atoms with Gasteiger partial charge < -0.3 is 10.4 Å². The lowest BCUT2D eigenvalue weighted by atomic mass is 9.98. The first kappa shape index (κ1) is 15.2. The van der Waals surface area contributed by atoms with E-state index in [1.54, 1.807) is 25.1 Å².